The number of ether oxygens (including phenoxy) is 1. The first-order valence-electron chi connectivity index (χ1n) is 8.79. The van der Waals surface area contributed by atoms with Crippen molar-refractivity contribution in [2.75, 3.05) is 12.4 Å². The van der Waals surface area contributed by atoms with Crippen LogP contribution in [-0.4, -0.2) is 32.1 Å². The summed E-state index contributed by atoms with van der Waals surface area (Å²) in [5.74, 6) is 1.65. The Labute approximate surface area is 156 Å². The summed E-state index contributed by atoms with van der Waals surface area (Å²) in [7, 11) is 0. The third-order valence-electron chi connectivity index (χ3n) is 4.13. The molecular formula is C20H20N4OS. The smallest absolute Gasteiger partial charge is 0.211 e. The molecule has 4 aromatic rings. The van der Waals surface area contributed by atoms with Gasteiger partial charge in [0, 0.05) is 17.7 Å². The molecule has 6 heteroatoms. The Hall–Kier alpha value is -2.60. The number of aryl methyl sites for hydroxylation is 1. The summed E-state index contributed by atoms with van der Waals surface area (Å²) in [5.41, 5.74) is 2.95. The van der Waals surface area contributed by atoms with E-state index in [-0.39, 0.29) is 0 Å². The van der Waals surface area contributed by atoms with Gasteiger partial charge in [0.25, 0.3) is 0 Å². The van der Waals surface area contributed by atoms with Gasteiger partial charge in [0.05, 0.1) is 12.1 Å². The SMILES string of the molecule is CCCn1c2ccccc2c2nnc(SCCOc3ccccc3)nc21. The summed E-state index contributed by atoms with van der Waals surface area (Å²) >= 11 is 1.57. The van der Waals surface area contributed by atoms with Crippen LogP contribution in [0.15, 0.2) is 59.8 Å². The van der Waals surface area contributed by atoms with Gasteiger partial charge in [-0.15, -0.1) is 10.2 Å². The van der Waals surface area contributed by atoms with Crippen molar-refractivity contribution in [2.45, 2.75) is 25.0 Å². The molecule has 0 spiro atoms. The Bertz CT molecular complexity index is 1020. The zero-order chi connectivity index (χ0) is 17.8. The molecule has 0 bridgehead atoms. The van der Waals surface area contributed by atoms with Crippen LogP contribution in [-0.2, 0) is 6.54 Å². The van der Waals surface area contributed by atoms with Crippen molar-refractivity contribution in [2.24, 2.45) is 0 Å². The van der Waals surface area contributed by atoms with E-state index in [1.165, 1.54) is 5.52 Å². The molecule has 0 N–H and O–H groups in total. The molecule has 0 unspecified atom stereocenters. The van der Waals surface area contributed by atoms with Crippen molar-refractivity contribution in [1.29, 1.82) is 0 Å². The van der Waals surface area contributed by atoms with Crippen molar-refractivity contribution in [3.8, 4) is 5.75 Å². The Morgan fingerprint density at radius 1 is 1.00 bits per heavy atom. The second kappa shape index (κ2) is 7.74. The third-order valence-corrected chi connectivity index (χ3v) is 4.93. The molecule has 0 aliphatic rings. The monoisotopic (exact) mass is 364 g/mol. The van der Waals surface area contributed by atoms with E-state index in [1.54, 1.807) is 11.8 Å². The van der Waals surface area contributed by atoms with Crippen LogP contribution in [0.1, 0.15) is 13.3 Å². The van der Waals surface area contributed by atoms with Gasteiger partial charge in [0.1, 0.15) is 11.3 Å². The predicted molar refractivity (Wildman–Crippen MR) is 106 cm³/mol. The molecule has 0 aliphatic carbocycles. The fraction of sp³-hybridized carbons (Fsp3) is 0.250. The zero-order valence-corrected chi connectivity index (χ0v) is 15.4. The molecule has 0 radical (unpaired) electrons. The number of benzene rings is 2. The van der Waals surface area contributed by atoms with Gasteiger partial charge in [0.15, 0.2) is 5.65 Å². The maximum atomic E-state index is 5.72. The van der Waals surface area contributed by atoms with E-state index in [2.05, 4.69) is 39.9 Å². The first-order chi connectivity index (χ1) is 12.9. The molecule has 0 aliphatic heterocycles. The molecule has 132 valence electrons. The molecular weight excluding hydrogens is 344 g/mol. The van der Waals surface area contributed by atoms with Crippen molar-refractivity contribution in [3.63, 3.8) is 0 Å². The maximum absolute atomic E-state index is 5.72. The molecule has 0 saturated heterocycles. The average molecular weight is 364 g/mol. The fourth-order valence-corrected chi connectivity index (χ4v) is 3.61. The summed E-state index contributed by atoms with van der Waals surface area (Å²) in [6.45, 7) is 3.70. The Balaban J connectivity index is 1.53. The largest absolute Gasteiger partial charge is 0.493 e. The van der Waals surface area contributed by atoms with Crippen LogP contribution in [0.5, 0.6) is 5.75 Å². The van der Waals surface area contributed by atoms with Gasteiger partial charge in [-0.25, -0.2) is 4.98 Å². The number of thioether (sulfide) groups is 1. The standard InChI is InChI=1S/C20H20N4OS/c1-2-12-24-17-11-7-6-10-16(17)18-19(24)21-20(23-22-18)26-14-13-25-15-8-4-3-5-9-15/h3-11H,2,12-14H2,1H3. The van der Waals surface area contributed by atoms with E-state index in [0.717, 1.165) is 41.0 Å². The van der Waals surface area contributed by atoms with Gasteiger partial charge in [-0.05, 0) is 24.6 Å². The third kappa shape index (κ3) is 3.37. The van der Waals surface area contributed by atoms with Gasteiger partial charge >= 0.3 is 0 Å². The molecule has 4 rings (SSSR count). The van der Waals surface area contributed by atoms with Gasteiger partial charge in [-0.1, -0.05) is 55.1 Å². The van der Waals surface area contributed by atoms with Crippen LogP contribution < -0.4 is 4.74 Å². The molecule has 26 heavy (non-hydrogen) atoms. The van der Waals surface area contributed by atoms with Crippen molar-refractivity contribution < 1.29 is 4.74 Å². The lowest BCUT2D eigenvalue weighted by atomic mass is 10.2. The highest BCUT2D eigenvalue weighted by atomic mass is 32.2. The lowest BCUT2D eigenvalue weighted by Crippen LogP contribution is -2.03. The van der Waals surface area contributed by atoms with E-state index >= 15 is 0 Å². The molecule has 0 atom stereocenters. The first kappa shape index (κ1) is 16.8. The Morgan fingerprint density at radius 2 is 1.81 bits per heavy atom. The lowest BCUT2D eigenvalue weighted by molar-refractivity contribution is 0.344. The molecule has 2 aromatic heterocycles. The molecule has 2 heterocycles. The minimum atomic E-state index is 0.605. The van der Waals surface area contributed by atoms with Crippen LogP contribution >= 0.6 is 11.8 Å². The van der Waals surface area contributed by atoms with Crippen LogP contribution in [0, 0.1) is 0 Å². The Morgan fingerprint density at radius 3 is 2.65 bits per heavy atom. The van der Waals surface area contributed by atoms with Crippen LogP contribution in [0.25, 0.3) is 22.1 Å². The fourth-order valence-electron chi connectivity index (χ4n) is 3.01. The van der Waals surface area contributed by atoms with Gasteiger partial charge in [-0.2, -0.15) is 0 Å². The van der Waals surface area contributed by atoms with Gasteiger partial charge in [-0.3, -0.25) is 0 Å². The highest BCUT2D eigenvalue weighted by Gasteiger charge is 2.14. The summed E-state index contributed by atoms with van der Waals surface area (Å²) in [4.78, 5) is 4.77. The zero-order valence-electron chi connectivity index (χ0n) is 14.6. The summed E-state index contributed by atoms with van der Waals surface area (Å²) in [6.07, 6.45) is 1.05. The summed E-state index contributed by atoms with van der Waals surface area (Å²) in [6, 6.07) is 18.1. The predicted octanol–water partition coefficient (Wildman–Crippen LogP) is 4.56. The van der Waals surface area contributed by atoms with E-state index < -0.39 is 0 Å². The second-order valence-corrected chi connectivity index (χ2v) is 7.01. The Kier molecular flexibility index (Phi) is 5.02. The molecule has 0 fully saturated rings. The normalized spacial score (nSPS) is 11.3. The number of rotatable bonds is 7. The highest BCUT2D eigenvalue weighted by Crippen LogP contribution is 2.27. The van der Waals surface area contributed by atoms with E-state index in [4.69, 9.17) is 9.72 Å². The van der Waals surface area contributed by atoms with E-state index in [0.29, 0.717) is 11.8 Å². The quantitative estimate of drug-likeness (QED) is 0.355. The second-order valence-electron chi connectivity index (χ2n) is 5.95. The topological polar surface area (TPSA) is 52.8 Å². The van der Waals surface area contributed by atoms with Crippen molar-refractivity contribution in [1.82, 2.24) is 19.7 Å². The number of nitrogens with zero attached hydrogens (tertiary/aromatic N) is 4. The van der Waals surface area contributed by atoms with E-state index in [1.807, 2.05) is 36.4 Å². The van der Waals surface area contributed by atoms with Crippen LogP contribution in [0.3, 0.4) is 0 Å². The van der Waals surface area contributed by atoms with Crippen molar-refractivity contribution >= 4 is 33.8 Å². The van der Waals surface area contributed by atoms with Gasteiger partial charge in [0.2, 0.25) is 5.16 Å². The minimum absolute atomic E-state index is 0.605. The van der Waals surface area contributed by atoms with E-state index in [9.17, 15) is 0 Å². The number of hydrogen-bond acceptors (Lipinski definition) is 5. The molecule has 0 amide bonds. The average Bonchev–Trinajstić information content (AvgIpc) is 3.00. The lowest BCUT2D eigenvalue weighted by Gasteiger charge is -2.06. The molecule has 5 nitrogen and oxygen atoms in total. The number of para-hydroxylation sites is 2. The number of hydrogen-bond donors (Lipinski definition) is 0. The van der Waals surface area contributed by atoms with Gasteiger partial charge < -0.3 is 9.30 Å². The molecule has 0 saturated carbocycles. The highest BCUT2D eigenvalue weighted by molar-refractivity contribution is 7.99. The first-order valence-corrected chi connectivity index (χ1v) is 9.77. The van der Waals surface area contributed by atoms with Crippen molar-refractivity contribution in [3.05, 3.63) is 54.6 Å². The van der Waals surface area contributed by atoms with Crippen LogP contribution in [0.4, 0.5) is 0 Å². The molecule has 2 aromatic carbocycles. The number of fused-ring (bicyclic) bond motifs is 3. The number of aromatic nitrogens is 4. The maximum Gasteiger partial charge on any atom is 0.211 e. The summed E-state index contributed by atoms with van der Waals surface area (Å²) < 4.78 is 7.96. The minimum Gasteiger partial charge on any atom is -0.493 e. The van der Waals surface area contributed by atoms with Crippen LogP contribution in [0.2, 0.25) is 0 Å². The summed E-state index contributed by atoms with van der Waals surface area (Å²) in [5, 5.41) is 10.6.